The van der Waals surface area contributed by atoms with Gasteiger partial charge in [0.2, 0.25) is 0 Å². The van der Waals surface area contributed by atoms with Gasteiger partial charge in [0.15, 0.2) is 0 Å². The topological polar surface area (TPSA) is 4.93 Å². The molecule has 0 amide bonds. The Hall–Kier alpha value is -0.856. The van der Waals surface area contributed by atoms with Crippen LogP contribution in [0.5, 0.6) is 0 Å². The van der Waals surface area contributed by atoms with Gasteiger partial charge in [0, 0.05) is 34.1 Å². The zero-order chi connectivity index (χ0) is 8.39. The molecule has 13 heavy (non-hydrogen) atoms. The van der Waals surface area contributed by atoms with Crippen LogP contribution in [0.3, 0.4) is 0 Å². The van der Waals surface area contributed by atoms with Crippen LogP contribution in [0, 0.1) is 11.9 Å². The van der Waals surface area contributed by atoms with Crippen LogP contribution >= 0.6 is 0 Å². The molecule has 0 N–H and O–H groups in total. The summed E-state index contributed by atoms with van der Waals surface area (Å²) in [5.74, 6) is -0.232. The summed E-state index contributed by atoms with van der Waals surface area (Å²) in [6.07, 6.45) is 3.60. The third kappa shape index (κ3) is 2.08. The Kier molecular flexibility index (Phi) is 3.46. The van der Waals surface area contributed by atoms with E-state index in [9.17, 15) is 4.39 Å². The van der Waals surface area contributed by atoms with Gasteiger partial charge in [0.05, 0.1) is 5.69 Å². The fourth-order valence-electron chi connectivity index (χ4n) is 1.10. The molecule has 2 rings (SSSR count). The molecule has 1 aromatic heterocycles. The third-order valence-electron chi connectivity index (χ3n) is 1.67. The number of aromatic nitrogens is 1. The van der Waals surface area contributed by atoms with Crippen molar-refractivity contribution in [2.45, 2.75) is 0 Å². The molecule has 0 fully saturated rings. The molecule has 0 unspecified atom stereocenters. The molecule has 1 heterocycles. The molecule has 0 aliphatic carbocycles. The summed E-state index contributed by atoms with van der Waals surface area (Å²) in [5, 5.41) is 0. The second-order valence-corrected chi connectivity index (χ2v) is 2.47. The quantitative estimate of drug-likeness (QED) is 0.634. The van der Waals surface area contributed by atoms with E-state index >= 15 is 0 Å². The van der Waals surface area contributed by atoms with Gasteiger partial charge in [-0.3, -0.25) is 0 Å². The van der Waals surface area contributed by atoms with Crippen molar-refractivity contribution in [3.05, 3.63) is 54.6 Å². The number of nitrogens with zero attached hydrogens (tertiary/aromatic N) is 1. The largest absolute Gasteiger partial charge is 0.321 e. The summed E-state index contributed by atoms with van der Waals surface area (Å²) in [5.41, 5.74) is 0.530. The van der Waals surface area contributed by atoms with E-state index in [2.05, 4.69) is 6.07 Å². The van der Waals surface area contributed by atoms with Crippen LogP contribution in [0.1, 0.15) is 0 Å². The van der Waals surface area contributed by atoms with E-state index in [1.807, 2.05) is 12.1 Å². The molecule has 0 bridgehead atoms. The second-order valence-electron chi connectivity index (χ2n) is 2.47. The Morgan fingerprint density at radius 1 is 1.23 bits per heavy atom. The van der Waals surface area contributed by atoms with Crippen molar-refractivity contribution in [1.29, 1.82) is 0 Å². The van der Waals surface area contributed by atoms with Gasteiger partial charge in [-0.15, -0.1) is 0 Å². The molecular weight excluding hydrogens is 201 g/mol. The van der Waals surface area contributed by atoms with Gasteiger partial charge in [0.1, 0.15) is 5.82 Å². The summed E-state index contributed by atoms with van der Waals surface area (Å²) < 4.78 is 14.8. The van der Waals surface area contributed by atoms with Gasteiger partial charge in [-0.25, -0.2) is 4.39 Å². The molecule has 1 radical (unpaired) electrons. The van der Waals surface area contributed by atoms with Crippen LogP contribution in [-0.2, 0) is 21.7 Å². The minimum Gasteiger partial charge on any atom is -0.321 e. The summed E-state index contributed by atoms with van der Waals surface area (Å²) in [7, 11) is 0. The maximum absolute atomic E-state index is 13.1. The predicted molar refractivity (Wildman–Crippen MR) is 44.6 cm³/mol. The van der Waals surface area contributed by atoms with Crippen LogP contribution in [0.2, 0.25) is 0 Å². The van der Waals surface area contributed by atoms with Crippen molar-refractivity contribution >= 4 is 0 Å². The van der Waals surface area contributed by atoms with Crippen LogP contribution in [0.25, 0.3) is 5.69 Å². The Morgan fingerprint density at radius 3 is 2.54 bits per heavy atom. The Balaban J connectivity index is 0.000000845. The first-order valence-electron chi connectivity index (χ1n) is 3.67. The van der Waals surface area contributed by atoms with E-state index in [0.29, 0.717) is 5.69 Å². The van der Waals surface area contributed by atoms with Gasteiger partial charge >= 0.3 is 0 Å². The normalized spacial score (nSPS) is 9.31. The van der Waals surface area contributed by atoms with Crippen molar-refractivity contribution in [3.8, 4) is 5.69 Å². The van der Waals surface area contributed by atoms with Crippen LogP contribution < -0.4 is 0 Å². The Morgan fingerprint density at radius 2 is 1.92 bits per heavy atom. The fourth-order valence-corrected chi connectivity index (χ4v) is 1.10. The number of hydrogen-bond donors (Lipinski definition) is 0. The average Bonchev–Trinajstić information content (AvgIpc) is 2.57. The standard InChI is InChI=1S/C10H7FN.Ti/c11-9-5-1-2-6-10(9)12-7-3-4-8-12;/h1,3-8H;. The maximum atomic E-state index is 13.1. The summed E-state index contributed by atoms with van der Waals surface area (Å²) in [6.45, 7) is 0. The van der Waals surface area contributed by atoms with E-state index < -0.39 is 0 Å². The molecule has 0 saturated carbocycles. The van der Waals surface area contributed by atoms with E-state index in [1.54, 1.807) is 29.1 Å². The van der Waals surface area contributed by atoms with Crippen molar-refractivity contribution in [3.63, 3.8) is 0 Å². The molecular formula is C10H7FNTi. The predicted octanol–water partition coefficient (Wildman–Crippen LogP) is 2.41. The van der Waals surface area contributed by atoms with E-state index in [1.165, 1.54) is 6.07 Å². The Labute approximate surface area is 91.1 Å². The summed E-state index contributed by atoms with van der Waals surface area (Å²) >= 11 is 0. The molecule has 63 valence electrons. The number of rotatable bonds is 1. The molecule has 0 aliphatic rings. The van der Waals surface area contributed by atoms with E-state index in [-0.39, 0.29) is 27.5 Å². The first kappa shape index (κ1) is 10.2. The van der Waals surface area contributed by atoms with Crippen molar-refractivity contribution in [1.82, 2.24) is 4.57 Å². The minimum atomic E-state index is -0.232. The molecule has 0 aliphatic heterocycles. The van der Waals surface area contributed by atoms with Crippen molar-refractivity contribution < 1.29 is 26.1 Å². The van der Waals surface area contributed by atoms with E-state index in [4.69, 9.17) is 0 Å². The zero-order valence-electron chi connectivity index (χ0n) is 6.87. The van der Waals surface area contributed by atoms with Gasteiger partial charge in [-0.2, -0.15) is 0 Å². The maximum Gasteiger partial charge on any atom is 0.147 e. The minimum absolute atomic E-state index is 0. The molecule has 0 atom stereocenters. The molecule has 1 nitrogen and oxygen atoms in total. The number of benzene rings is 1. The fraction of sp³-hybridized carbons (Fsp3) is 0. The van der Waals surface area contributed by atoms with Crippen molar-refractivity contribution in [2.75, 3.05) is 0 Å². The van der Waals surface area contributed by atoms with Crippen LogP contribution in [0.4, 0.5) is 4.39 Å². The van der Waals surface area contributed by atoms with Gasteiger partial charge in [-0.1, -0.05) is 6.07 Å². The van der Waals surface area contributed by atoms with Crippen molar-refractivity contribution in [2.24, 2.45) is 0 Å². The second kappa shape index (κ2) is 4.40. The van der Waals surface area contributed by atoms with Crippen LogP contribution in [0.15, 0.2) is 42.7 Å². The van der Waals surface area contributed by atoms with Gasteiger partial charge < -0.3 is 4.57 Å². The molecule has 2 aromatic rings. The van der Waals surface area contributed by atoms with E-state index in [0.717, 1.165) is 0 Å². The number of halogens is 1. The molecule has 0 saturated heterocycles. The number of hydrogen-bond acceptors (Lipinski definition) is 0. The van der Waals surface area contributed by atoms with Gasteiger partial charge in [0.25, 0.3) is 0 Å². The first-order valence-corrected chi connectivity index (χ1v) is 3.67. The smallest absolute Gasteiger partial charge is 0.147 e. The Bertz CT molecular complexity index is 370. The summed E-state index contributed by atoms with van der Waals surface area (Å²) in [4.78, 5) is 0. The third-order valence-corrected chi connectivity index (χ3v) is 1.67. The average molecular weight is 208 g/mol. The zero-order valence-corrected chi connectivity index (χ0v) is 8.43. The summed E-state index contributed by atoms with van der Waals surface area (Å²) in [6, 6.07) is 11.1. The molecule has 3 heteroatoms. The first-order chi connectivity index (χ1) is 5.88. The van der Waals surface area contributed by atoms with Crippen LogP contribution in [-0.4, -0.2) is 4.57 Å². The molecule has 1 aromatic carbocycles. The monoisotopic (exact) mass is 208 g/mol. The SMILES string of the molecule is Fc1cc[c]cc1-n1cccc1.[Ti]. The molecule has 0 spiro atoms. The van der Waals surface area contributed by atoms with Gasteiger partial charge in [-0.05, 0) is 30.3 Å².